The van der Waals surface area contributed by atoms with Crippen molar-refractivity contribution in [3.05, 3.63) is 35.4 Å². The van der Waals surface area contributed by atoms with Crippen LogP contribution in [0.2, 0.25) is 0 Å². The highest BCUT2D eigenvalue weighted by Gasteiger charge is 2.10. The summed E-state index contributed by atoms with van der Waals surface area (Å²) < 4.78 is 28.5. The first-order valence-corrected chi connectivity index (χ1v) is 5.80. The molecule has 0 heterocycles. The van der Waals surface area contributed by atoms with Gasteiger partial charge >= 0.3 is 0 Å². The number of Topliss-reactive ketones (excluding diaryl/α,β-unsaturated/α-hetero) is 1. The minimum atomic E-state index is -2.49. The number of ketones is 1. The summed E-state index contributed by atoms with van der Waals surface area (Å²) in [6, 6.07) is 6.82. The molecule has 0 spiro atoms. The van der Waals surface area contributed by atoms with Gasteiger partial charge in [0.25, 0.3) is 6.43 Å². The van der Waals surface area contributed by atoms with Crippen molar-refractivity contribution in [3.8, 4) is 0 Å². The summed E-state index contributed by atoms with van der Waals surface area (Å²) >= 11 is 3.07. The average Bonchev–Trinajstić information content (AvgIpc) is 2.28. The molecule has 1 rings (SSSR count). The zero-order chi connectivity index (χ0) is 12.0. The molecule has 2 nitrogen and oxygen atoms in total. The van der Waals surface area contributed by atoms with E-state index in [2.05, 4.69) is 15.9 Å². The minimum absolute atomic E-state index is 0.0270. The summed E-state index contributed by atoms with van der Waals surface area (Å²) in [5.74, 6) is -0.0868. The zero-order valence-electron chi connectivity index (χ0n) is 8.46. The summed E-state index contributed by atoms with van der Waals surface area (Å²) in [6.45, 7) is -0.587. The SMILES string of the molecule is O=C(CBr)c1ccccc1COCC(F)F. The van der Waals surface area contributed by atoms with E-state index in [0.29, 0.717) is 11.1 Å². The highest BCUT2D eigenvalue weighted by molar-refractivity contribution is 9.09. The monoisotopic (exact) mass is 292 g/mol. The number of rotatable bonds is 6. The number of halogens is 3. The van der Waals surface area contributed by atoms with E-state index >= 15 is 0 Å². The van der Waals surface area contributed by atoms with Crippen molar-refractivity contribution in [1.29, 1.82) is 0 Å². The lowest BCUT2D eigenvalue weighted by Gasteiger charge is -2.08. The van der Waals surface area contributed by atoms with Crippen molar-refractivity contribution in [2.24, 2.45) is 0 Å². The molecular formula is C11H11BrF2O2. The van der Waals surface area contributed by atoms with Crippen molar-refractivity contribution in [3.63, 3.8) is 0 Å². The van der Waals surface area contributed by atoms with Gasteiger partial charge in [0.2, 0.25) is 0 Å². The van der Waals surface area contributed by atoms with Crippen LogP contribution in [0.15, 0.2) is 24.3 Å². The third-order valence-electron chi connectivity index (χ3n) is 1.94. The van der Waals surface area contributed by atoms with Gasteiger partial charge in [-0.2, -0.15) is 0 Å². The number of hydrogen-bond acceptors (Lipinski definition) is 2. The lowest BCUT2D eigenvalue weighted by atomic mass is 10.1. The normalized spacial score (nSPS) is 10.8. The van der Waals surface area contributed by atoms with Crippen molar-refractivity contribution in [1.82, 2.24) is 0 Å². The van der Waals surface area contributed by atoms with Crippen molar-refractivity contribution >= 4 is 21.7 Å². The Kier molecular flexibility index (Phi) is 5.55. The van der Waals surface area contributed by atoms with E-state index in [1.807, 2.05) is 0 Å². The molecule has 0 saturated heterocycles. The molecule has 0 saturated carbocycles. The van der Waals surface area contributed by atoms with E-state index < -0.39 is 13.0 Å². The highest BCUT2D eigenvalue weighted by atomic mass is 79.9. The first-order valence-electron chi connectivity index (χ1n) is 4.68. The van der Waals surface area contributed by atoms with Gasteiger partial charge in [-0.05, 0) is 5.56 Å². The Hall–Kier alpha value is -0.810. The first-order chi connectivity index (χ1) is 7.65. The maximum Gasteiger partial charge on any atom is 0.261 e. The fourth-order valence-corrected chi connectivity index (χ4v) is 1.55. The Morgan fingerprint density at radius 3 is 2.69 bits per heavy atom. The van der Waals surface area contributed by atoms with Crippen molar-refractivity contribution < 1.29 is 18.3 Å². The molecular weight excluding hydrogens is 282 g/mol. The van der Waals surface area contributed by atoms with Crippen LogP contribution in [0.5, 0.6) is 0 Å². The molecule has 0 aromatic heterocycles. The molecule has 16 heavy (non-hydrogen) atoms. The Morgan fingerprint density at radius 2 is 2.06 bits per heavy atom. The molecule has 1 aromatic rings. The van der Waals surface area contributed by atoms with E-state index in [1.165, 1.54) is 0 Å². The van der Waals surface area contributed by atoms with Gasteiger partial charge < -0.3 is 4.74 Å². The van der Waals surface area contributed by atoms with Crippen LogP contribution in [-0.2, 0) is 11.3 Å². The van der Waals surface area contributed by atoms with Gasteiger partial charge in [-0.25, -0.2) is 8.78 Å². The Bertz CT molecular complexity index is 356. The molecule has 0 bridgehead atoms. The lowest BCUT2D eigenvalue weighted by Crippen LogP contribution is -2.09. The van der Waals surface area contributed by atoms with Gasteiger partial charge in [0.15, 0.2) is 5.78 Å². The summed E-state index contributed by atoms with van der Waals surface area (Å²) in [7, 11) is 0. The molecule has 0 atom stereocenters. The number of alkyl halides is 3. The zero-order valence-corrected chi connectivity index (χ0v) is 10.0. The quantitative estimate of drug-likeness (QED) is 0.595. The van der Waals surface area contributed by atoms with Crippen molar-refractivity contribution in [2.75, 3.05) is 11.9 Å². The second kappa shape index (κ2) is 6.70. The first kappa shape index (κ1) is 13.3. The number of benzene rings is 1. The average molecular weight is 293 g/mol. The predicted octanol–water partition coefficient (Wildman–Crippen LogP) is 3.05. The fraction of sp³-hybridized carbons (Fsp3) is 0.364. The van der Waals surface area contributed by atoms with E-state index in [1.54, 1.807) is 24.3 Å². The van der Waals surface area contributed by atoms with E-state index in [4.69, 9.17) is 4.74 Å². The smallest absolute Gasteiger partial charge is 0.261 e. The summed E-state index contributed by atoms with van der Waals surface area (Å²) in [5.41, 5.74) is 1.14. The summed E-state index contributed by atoms with van der Waals surface area (Å²) in [4.78, 5) is 11.5. The highest BCUT2D eigenvalue weighted by Crippen LogP contribution is 2.12. The van der Waals surface area contributed by atoms with Crippen LogP contribution in [-0.4, -0.2) is 24.1 Å². The number of carbonyl (C=O) groups is 1. The third kappa shape index (κ3) is 3.98. The molecule has 0 fully saturated rings. The lowest BCUT2D eigenvalue weighted by molar-refractivity contribution is 0.00973. The van der Waals surface area contributed by atoms with Gasteiger partial charge in [-0.15, -0.1) is 0 Å². The van der Waals surface area contributed by atoms with Gasteiger partial charge in [0.05, 0.1) is 11.9 Å². The van der Waals surface area contributed by atoms with Crippen LogP contribution in [0.4, 0.5) is 8.78 Å². The van der Waals surface area contributed by atoms with E-state index in [0.717, 1.165) is 0 Å². The van der Waals surface area contributed by atoms with Crippen LogP contribution >= 0.6 is 15.9 Å². The van der Waals surface area contributed by atoms with Crippen LogP contribution in [0.1, 0.15) is 15.9 Å². The summed E-state index contributed by atoms with van der Waals surface area (Å²) in [6.07, 6.45) is -2.49. The molecule has 0 unspecified atom stereocenters. The molecule has 5 heteroatoms. The molecule has 1 aromatic carbocycles. The number of hydrogen-bond donors (Lipinski definition) is 0. The van der Waals surface area contributed by atoms with Crippen molar-refractivity contribution in [2.45, 2.75) is 13.0 Å². The maximum atomic E-state index is 11.9. The molecule has 0 amide bonds. The van der Waals surface area contributed by atoms with Gasteiger partial charge in [0.1, 0.15) is 6.61 Å². The maximum absolute atomic E-state index is 11.9. The van der Waals surface area contributed by atoms with E-state index in [-0.39, 0.29) is 17.7 Å². The second-order valence-corrected chi connectivity index (χ2v) is 3.68. The number of carbonyl (C=O) groups excluding carboxylic acids is 1. The van der Waals surface area contributed by atoms with Crippen LogP contribution in [0, 0.1) is 0 Å². The predicted molar refractivity (Wildman–Crippen MR) is 60.2 cm³/mol. The van der Waals surface area contributed by atoms with Gasteiger partial charge in [-0.3, -0.25) is 4.79 Å². The van der Waals surface area contributed by atoms with Crippen LogP contribution in [0.3, 0.4) is 0 Å². The molecule has 0 aliphatic rings. The minimum Gasteiger partial charge on any atom is -0.371 e. The topological polar surface area (TPSA) is 26.3 Å². The Morgan fingerprint density at radius 1 is 1.38 bits per heavy atom. The molecule has 0 radical (unpaired) electrons. The Labute approximate surface area is 101 Å². The van der Waals surface area contributed by atoms with E-state index in [9.17, 15) is 13.6 Å². The van der Waals surface area contributed by atoms with Gasteiger partial charge in [0, 0.05) is 5.56 Å². The number of ether oxygens (including phenoxy) is 1. The second-order valence-electron chi connectivity index (χ2n) is 3.12. The van der Waals surface area contributed by atoms with Gasteiger partial charge in [-0.1, -0.05) is 40.2 Å². The molecule has 0 aliphatic heterocycles. The van der Waals surface area contributed by atoms with Crippen LogP contribution in [0.25, 0.3) is 0 Å². The molecule has 0 N–H and O–H groups in total. The standard InChI is InChI=1S/C11H11BrF2O2/c12-5-10(15)9-4-2-1-3-8(9)6-16-7-11(13)14/h1-4,11H,5-7H2. The van der Waals surface area contributed by atoms with Crippen LogP contribution < -0.4 is 0 Å². The largest absolute Gasteiger partial charge is 0.371 e. The molecule has 0 aliphatic carbocycles. The Balaban J connectivity index is 2.67. The fourth-order valence-electron chi connectivity index (χ4n) is 1.25. The summed E-state index contributed by atoms with van der Waals surface area (Å²) in [5, 5.41) is 0.207. The molecule has 88 valence electrons. The third-order valence-corrected chi connectivity index (χ3v) is 2.45.